The smallest absolute Gasteiger partial charge is 0.319 e. The molecule has 1 aliphatic rings. The molecule has 0 spiro atoms. The molecule has 18 heavy (non-hydrogen) atoms. The Morgan fingerprint density at radius 2 is 2.06 bits per heavy atom. The summed E-state index contributed by atoms with van der Waals surface area (Å²) in [5, 5.41) is 11.3. The number of carbonyl (C=O) groups excluding carboxylic acids is 1. The Hall–Kier alpha value is -2.11. The van der Waals surface area contributed by atoms with Gasteiger partial charge < -0.3 is 15.2 Å². The molecule has 0 heterocycles. The lowest BCUT2D eigenvalue weighted by Gasteiger charge is -2.11. The second kappa shape index (κ2) is 4.29. The molecule has 2 N–H and O–H groups in total. The third kappa shape index (κ3) is 2.13. The highest BCUT2D eigenvalue weighted by atomic mass is 19.1. The molecule has 96 valence electrons. The van der Waals surface area contributed by atoms with Gasteiger partial charge in [-0.2, -0.15) is 0 Å². The van der Waals surface area contributed by atoms with Crippen molar-refractivity contribution in [2.45, 2.75) is 12.8 Å². The van der Waals surface area contributed by atoms with Gasteiger partial charge in [0.2, 0.25) is 5.91 Å². The lowest BCUT2D eigenvalue weighted by Crippen LogP contribution is -2.31. The molecule has 5 nitrogen and oxygen atoms in total. The molecule has 1 aliphatic carbocycles. The SMILES string of the molecule is COc1cc(F)cc(NC(=O)C2(C(=O)O)CC2)c1. The number of aliphatic carboxylic acids is 1. The van der Waals surface area contributed by atoms with Crippen molar-refractivity contribution in [3.8, 4) is 5.75 Å². The summed E-state index contributed by atoms with van der Waals surface area (Å²) < 4.78 is 18.0. The topological polar surface area (TPSA) is 75.6 Å². The Bertz CT molecular complexity index is 511. The molecule has 1 aromatic rings. The van der Waals surface area contributed by atoms with Crippen LogP contribution in [0.5, 0.6) is 5.75 Å². The van der Waals surface area contributed by atoms with E-state index in [0.29, 0.717) is 12.8 Å². The van der Waals surface area contributed by atoms with Crippen molar-refractivity contribution in [1.82, 2.24) is 0 Å². The molecule has 0 atom stereocenters. The van der Waals surface area contributed by atoms with Crippen molar-refractivity contribution in [1.29, 1.82) is 0 Å². The molecular formula is C12H12FNO4. The molecule has 0 bridgehead atoms. The molecule has 1 aromatic carbocycles. The first kappa shape index (κ1) is 12.3. The minimum atomic E-state index is -1.35. The van der Waals surface area contributed by atoms with Crippen LogP contribution in [0.15, 0.2) is 18.2 Å². The number of amides is 1. The van der Waals surface area contributed by atoms with Crippen LogP contribution in [-0.4, -0.2) is 24.1 Å². The number of hydrogen-bond acceptors (Lipinski definition) is 3. The number of benzene rings is 1. The molecular weight excluding hydrogens is 241 g/mol. The number of methoxy groups -OCH3 is 1. The van der Waals surface area contributed by atoms with Crippen LogP contribution < -0.4 is 10.1 Å². The van der Waals surface area contributed by atoms with Gasteiger partial charge in [-0.05, 0) is 18.9 Å². The quantitative estimate of drug-likeness (QED) is 0.800. The average molecular weight is 253 g/mol. The van der Waals surface area contributed by atoms with Crippen LogP contribution in [0.3, 0.4) is 0 Å². The number of ether oxygens (including phenoxy) is 1. The third-order valence-corrected chi connectivity index (χ3v) is 2.96. The van der Waals surface area contributed by atoms with Gasteiger partial charge >= 0.3 is 5.97 Å². The largest absolute Gasteiger partial charge is 0.497 e. The minimum absolute atomic E-state index is 0.185. The standard InChI is InChI=1S/C12H12FNO4/c1-18-9-5-7(13)4-8(6-9)14-10(15)12(2-3-12)11(16)17/h4-6H,2-3H2,1H3,(H,14,15)(H,16,17). The van der Waals surface area contributed by atoms with Crippen LogP contribution in [0.4, 0.5) is 10.1 Å². The molecule has 0 aliphatic heterocycles. The van der Waals surface area contributed by atoms with Gasteiger partial charge in [-0.1, -0.05) is 0 Å². The fourth-order valence-electron chi connectivity index (χ4n) is 1.67. The number of hydrogen-bond donors (Lipinski definition) is 2. The Morgan fingerprint density at radius 1 is 1.39 bits per heavy atom. The number of halogens is 1. The van der Waals surface area contributed by atoms with E-state index in [2.05, 4.69) is 5.32 Å². The Balaban J connectivity index is 2.17. The van der Waals surface area contributed by atoms with Crippen molar-refractivity contribution in [3.05, 3.63) is 24.0 Å². The van der Waals surface area contributed by atoms with E-state index in [9.17, 15) is 14.0 Å². The number of carboxylic acid groups (broad SMARTS) is 1. The van der Waals surface area contributed by atoms with Gasteiger partial charge in [0.25, 0.3) is 0 Å². The molecule has 0 saturated heterocycles. The number of rotatable bonds is 4. The van der Waals surface area contributed by atoms with Crippen molar-refractivity contribution in [2.75, 3.05) is 12.4 Å². The maximum atomic E-state index is 13.2. The fraction of sp³-hybridized carbons (Fsp3) is 0.333. The number of carboxylic acids is 1. The van der Waals surface area contributed by atoms with Gasteiger partial charge in [0.1, 0.15) is 17.0 Å². The second-order valence-corrected chi connectivity index (χ2v) is 4.22. The minimum Gasteiger partial charge on any atom is -0.497 e. The van der Waals surface area contributed by atoms with E-state index in [4.69, 9.17) is 9.84 Å². The summed E-state index contributed by atoms with van der Waals surface area (Å²) in [7, 11) is 1.38. The van der Waals surface area contributed by atoms with Crippen molar-refractivity contribution >= 4 is 17.6 Å². The van der Waals surface area contributed by atoms with Crippen LogP contribution in [0, 0.1) is 11.2 Å². The summed E-state index contributed by atoms with van der Waals surface area (Å²) in [6.45, 7) is 0. The first-order valence-electron chi connectivity index (χ1n) is 5.37. The van der Waals surface area contributed by atoms with Crippen molar-refractivity contribution in [2.24, 2.45) is 5.41 Å². The third-order valence-electron chi connectivity index (χ3n) is 2.96. The van der Waals surface area contributed by atoms with Gasteiger partial charge in [0, 0.05) is 17.8 Å². The van der Waals surface area contributed by atoms with Gasteiger partial charge in [0.15, 0.2) is 0 Å². The predicted molar refractivity (Wildman–Crippen MR) is 60.9 cm³/mol. The average Bonchev–Trinajstić information content (AvgIpc) is 3.09. The van der Waals surface area contributed by atoms with Gasteiger partial charge in [-0.15, -0.1) is 0 Å². The molecule has 6 heteroatoms. The normalized spacial score (nSPS) is 15.9. The van der Waals surface area contributed by atoms with Crippen LogP contribution >= 0.6 is 0 Å². The van der Waals surface area contributed by atoms with Gasteiger partial charge in [-0.25, -0.2) is 4.39 Å². The molecule has 0 aromatic heterocycles. The molecule has 2 rings (SSSR count). The Labute approximate surface area is 103 Å². The zero-order valence-corrected chi connectivity index (χ0v) is 9.70. The van der Waals surface area contributed by atoms with E-state index < -0.39 is 23.1 Å². The molecule has 0 radical (unpaired) electrons. The number of nitrogens with one attached hydrogen (secondary N) is 1. The Morgan fingerprint density at radius 3 is 2.56 bits per heavy atom. The first-order chi connectivity index (χ1) is 8.48. The monoisotopic (exact) mass is 253 g/mol. The summed E-state index contributed by atoms with van der Waals surface area (Å²) in [6.07, 6.45) is 0.612. The zero-order chi connectivity index (χ0) is 13.3. The van der Waals surface area contributed by atoms with Crippen LogP contribution in [0.1, 0.15) is 12.8 Å². The van der Waals surface area contributed by atoms with Crippen LogP contribution in [0.25, 0.3) is 0 Å². The molecule has 1 saturated carbocycles. The van der Waals surface area contributed by atoms with E-state index in [0.717, 1.165) is 6.07 Å². The highest BCUT2D eigenvalue weighted by Crippen LogP contribution is 2.46. The summed E-state index contributed by atoms with van der Waals surface area (Å²) >= 11 is 0. The maximum absolute atomic E-state index is 13.2. The van der Waals surface area contributed by atoms with Crippen molar-refractivity contribution in [3.63, 3.8) is 0 Å². The maximum Gasteiger partial charge on any atom is 0.319 e. The molecule has 0 unspecified atom stereocenters. The van der Waals surface area contributed by atoms with Gasteiger partial charge in [0.05, 0.1) is 7.11 Å². The highest BCUT2D eigenvalue weighted by Gasteiger charge is 2.57. The lowest BCUT2D eigenvalue weighted by molar-refractivity contribution is -0.147. The number of carbonyl (C=O) groups is 2. The number of anilines is 1. The molecule has 1 fully saturated rings. The van der Waals surface area contributed by atoms with E-state index >= 15 is 0 Å². The van der Waals surface area contributed by atoms with E-state index in [1.165, 1.54) is 19.2 Å². The summed E-state index contributed by atoms with van der Waals surface area (Å²) in [6, 6.07) is 3.71. The Kier molecular flexibility index (Phi) is 2.94. The fourth-order valence-corrected chi connectivity index (χ4v) is 1.67. The van der Waals surface area contributed by atoms with E-state index in [1.54, 1.807) is 0 Å². The van der Waals surface area contributed by atoms with Gasteiger partial charge in [-0.3, -0.25) is 9.59 Å². The lowest BCUT2D eigenvalue weighted by atomic mass is 10.1. The predicted octanol–water partition coefficient (Wildman–Crippen LogP) is 1.64. The van der Waals surface area contributed by atoms with E-state index in [-0.39, 0.29) is 11.4 Å². The zero-order valence-electron chi connectivity index (χ0n) is 9.70. The van der Waals surface area contributed by atoms with E-state index in [1.807, 2.05) is 0 Å². The summed E-state index contributed by atoms with van der Waals surface area (Å²) in [5.74, 6) is -2.08. The van der Waals surface area contributed by atoms with Crippen molar-refractivity contribution < 1.29 is 23.8 Å². The van der Waals surface area contributed by atoms with Crippen LogP contribution in [-0.2, 0) is 9.59 Å². The second-order valence-electron chi connectivity index (χ2n) is 4.22. The molecule has 1 amide bonds. The van der Waals surface area contributed by atoms with Crippen LogP contribution in [0.2, 0.25) is 0 Å². The highest BCUT2D eigenvalue weighted by molar-refractivity contribution is 6.10. The summed E-state index contributed by atoms with van der Waals surface area (Å²) in [4.78, 5) is 22.7. The summed E-state index contributed by atoms with van der Waals surface area (Å²) in [5.41, 5.74) is -1.16. The first-order valence-corrected chi connectivity index (χ1v) is 5.37.